The van der Waals surface area contributed by atoms with E-state index in [9.17, 15) is 9.59 Å². The molecule has 2 aromatic carbocycles. The monoisotopic (exact) mass is 411 g/mol. The predicted octanol–water partition coefficient (Wildman–Crippen LogP) is 2.86. The van der Waals surface area contributed by atoms with Gasteiger partial charge < -0.3 is 5.32 Å². The van der Waals surface area contributed by atoms with Crippen LogP contribution < -0.4 is 11.0 Å². The van der Waals surface area contributed by atoms with Crippen LogP contribution in [0.4, 0.5) is 0 Å². The van der Waals surface area contributed by atoms with Crippen molar-refractivity contribution in [3.05, 3.63) is 99.6 Å². The summed E-state index contributed by atoms with van der Waals surface area (Å²) in [7, 11) is 0. The van der Waals surface area contributed by atoms with Crippen molar-refractivity contribution in [2.75, 3.05) is 6.54 Å². The molecule has 0 atom stereocenters. The third-order valence-corrected chi connectivity index (χ3v) is 5.07. The lowest BCUT2D eigenvalue weighted by Crippen LogP contribution is -2.32. The Bertz CT molecular complexity index is 1360. The zero-order valence-electron chi connectivity index (χ0n) is 17.1. The second kappa shape index (κ2) is 8.67. The summed E-state index contributed by atoms with van der Waals surface area (Å²) in [6.45, 7) is 3.02. The van der Waals surface area contributed by atoms with Gasteiger partial charge in [-0.3, -0.25) is 13.9 Å². The van der Waals surface area contributed by atoms with Crippen LogP contribution in [0.5, 0.6) is 0 Å². The second-order valence-electron chi connectivity index (χ2n) is 7.30. The van der Waals surface area contributed by atoms with Crippen LogP contribution in [0.1, 0.15) is 27.0 Å². The Hall–Kier alpha value is -4.18. The van der Waals surface area contributed by atoms with E-state index < -0.39 is 0 Å². The van der Waals surface area contributed by atoms with E-state index in [4.69, 9.17) is 5.26 Å². The first kappa shape index (κ1) is 20.1. The SMILES string of the molecule is Cc1cccc(Cn2c(=O)n(CCNC(=O)c3cccc(C#N)c3)c3ncccc32)c1. The van der Waals surface area contributed by atoms with Gasteiger partial charge in [-0.05, 0) is 42.8 Å². The minimum absolute atomic E-state index is 0.170. The molecule has 0 aliphatic heterocycles. The van der Waals surface area contributed by atoms with Crippen LogP contribution in [0.25, 0.3) is 11.2 Å². The average Bonchev–Trinajstić information content (AvgIpc) is 3.05. The number of benzene rings is 2. The Kier molecular flexibility index (Phi) is 5.63. The molecule has 31 heavy (non-hydrogen) atoms. The Balaban J connectivity index is 1.55. The molecule has 0 bridgehead atoms. The molecule has 7 heteroatoms. The number of rotatable bonds is 6. The summed E-state index contributed by atoms with van der Waals surface area (Å²) in [4.78, 5) is 29.9. The van der Waals surface area contributed by atoms with Crippen molar-refractivity contribution in [2.24, 2.45) is 0 Å². The van der Waals surface area contributed by atoms with Crippen molar-refractivity contribution in [3.63, 3.8) is 0 Å². The lowest BCUT2D eigenvalue weighted by atomic mass is 10.1. The minimum Gasteiger partial charge on any atom is -0.350 e. The molecule has 4 rings (SSSR count). The van der Waals surface area contributed by atoms with Gasteiger partial charge in [0.15, 0.2) is 5.65 Å². The number of pyridine rings is 1. The normalized spacial score (nSPS) is 10.7. The van der Waals surface area contributed by atoms with E-state index in [1.165, 1.54) is 6.07 Å². The molecule has 1 amide bonds. The summed E-state index contributed by atoms with van der Waals surface area (Å²) in [5.74, 6) is -0.290. The highest BCUT2D eigenvalue weighted by Crippen LogP contribution is 2.13. The number of aryl methyl sites for hydroxylation is 1. The first-order valence-electron chi connectivity index (χ1n) is 9.95. The van der Waals surface area contributed by atoms with Crippen LogP contribution in [0.2, 0.25) is 0 Å². The molecule has 0 fully saturated rings. The fourth-order valence-corrected chi connectivity index (χ4v) is 3.61. The number of carbonyl (C=O) groups excluding carboxylic acids is 1. The molecular weight excluding hydrogens is 390 g/mol. The molecule has 0 saturated heterocycles. The number of aromatic nitrogens is 3. The van der Waals surface area contributed by atoms with E-state index in [-0.39, 0.29) is 24.7 Å². The number of hydrogen-bond donors (Lipinski definition) is 1. The van der Waals surface area contributed by atoms with E-state index >= 15 is 0 Å². The van der Waals surface area contributed by atoms with Crippen LogP contribution in [-0.4, -0.2) is 26.6 Å². The number of imidazole rings is 1. The fourth-order valence-electron chi connectivity index (χ4n) is 3.61. The van der Waals surface area contributed by atoms with Crippen LogP contribution in [-0.2, 0) is 13.1 Å². The van der Waals surface area contributed by atoms with E-state index in [1.807, 2.05) is 43.3 Å². The summed E-state index contributed by atoms with van der Waals surface area (Å²) in [6.07, 6.45) is 1.65. The van der Waals surface area contributed by atoms with Crippen molar-refractivity contribution in [3.8, 4) is 6.07 Å². The number of nitriles is 1. The van der Waals surface area contributed by atoms with Gasteiger partial charge in [-0.1, -0.05) is 35.9 Å². The number of hydrogen-bond acceptors (Lipinski definition) is 4. The maximum absolute atomic E-state index is 13.1. The van der Waals surface area contributed by atoms with Gasteiger partial charge in [-0.2, -0.15) is 5.26 Å². The van der Waals surface area contributed by atoms with Gasteiger partial charge >= 0.3 is 5.69 Å². The maximum Gasteiger partial charge on any atom is 0.330 e. The number of carbonyl (C=O) groups is 1. The molecule has 1 N–H and O–H groups in total. The third kappa shape index (κ3) is 4.23. The van der Waals surface area contributed by atoms with Crippen molar-refractivity contribution in [1.29, 1.82) is 5.26 Å². The highest BCUT2D eigenvalue weighted by atomic mass is 16.2. The van der Waals surface area contributed by atoms with Crippen LogP contribution in [0.3, 0.4) is 0 Å². The lowest BCUT2D eigenvalue weighted by Gasteiger charge is -2.06. The quantitative estimate of drug-likeness (QED) is 0.528. The van der Waals surface area contributed by atoms with Crippen molar-refractivity contribution in [1.82, 2.24) is 19.4 Å². The number of nitrogens with zero attached hydrogens (tertiary/aromatic N) is 4. The van der Waals surface area contributed by atoms with Gasteiger partial charge in [-0.15, -0.1) is 0 Å². The molecule has 2 heterocycles. The smallest absolute Gasteiger partial charge is 0.330 e. The van der Waals surface area contributed by atoms with Crippen molar-refractivity contribution < 1.29 is 4.79 Å². The maximum atomic E-state index is 13.1. The first-order valence-corrected chi connectivity index (χ1v) is 9.95. The summed E-state index contributed by atoms with van der Waals surface area (Å²) in [6, 6.07) is 20.3. The topological polar surface area (TPSA) is 92.7 Å². The second-order valence-corrected chi connectivity index (χ2v) is 7.30. The third-order valence-electron chi connectivity index (χ3n) is 5.07. The molecule has 0 radical (unpaired) electrons. The standard InChI is InChI=1S/C24H21N5O2/c1-17-5-2-7-19(13-17)16-29-21-9-4-10-26-22(21)28(24(29)31)12-11-27-23(30)20-8-3-6-18(14-20)15-25/h2-10,13-14H,11-12,16H2,1H3,(H,27,30). The van der Waals surface area contributed by atoms with Gasteiger partial charge in [0.1, 0.15) is 0 Å². The summed E-state index contributed by atoms with van der Waals surface area (Å²) in [5, 5.41) is 11.8. The zero-order chi connectivity index (χ0) is 21.8. The molecule has 0 unspecified atom stereocenters. The highest BCUT2D eigenvalue weighted by Gasteiger charge is 2.15. The molecule has 0 aliphatic rings. The van der Waals surface area contributed by atoms with E-state index in [0.29, 0.717) is 23.3 Å². The van der Waals surface area contributed by atoms with Crippen LogP contribution in [0, 0.1) is 18.3 Å². The van der Waals surface area contributed by atoms with E-state index in [0.717, 1.165) is 16.6 Å². The molecule has 7 nitrogen and oxygen atoms in total. The zero-order valence-corrected chi connectivity index (χ0v) is 17.1. The Morgan fingerprint density at radius 1 is 1.10 bits per heavy atom. The molecule has 0 saturated carbocycles. The van der Waals surface area contributed by atoms with Gasteiger partial charge in [0, 0.05) is 24.8 Å². The van der Waals surface area contributed by atoms with Crippen molar-refractivity contribution >= 4 is 17.1 Å². The van der Waals surface area contributed by atoms with Gasteiger partial charge in [-0.25, -0.2) is 9.78 Å². The summed E-state index contributed by atoms with van der Waals surface area (Å²) >= 11 is 0. The molecule has 0 spiro atoms. The predicted molar refractivity (Wildman–Crippen MR) is 118 cm³/mol. The first-order chi connectivity index (χ1) is 15.1. The average molecular weight is 411 g/mol. The summed E-state index contributed by atoms with van der Waals surface area (Å²) in [5.41, 5.74) is 4.17. The molecule has 2 aromatic heterocycles. The molecule has 0 aliphatic carbocycles. The molecular formula is C24H21N5O2. The Morgan fingerprint density at radius 3 is 2.74 bits per heavy atom. The lowest BCUT2D eigenvalue weighted by molar-refractivity contribution is 0.0952. The highest BCUT2D eigenvalue weighted by molar-refractivity contribution is 5.94. The summed E-state index contributed by atoms with van der Waals surface area (Å²) < 4.78 is 3.28. The number of fused-ring (bicyclic) bond motifs is 1. The van der Waals surface area contributed by atoms with Gasteiger partial charge in [0.05, 0.1) is 23.7 Å². The number of amides is 1. The largest absolute Gasteiger partial charge is 0.350 e. The van der Waals surface area contributed by atoms with Crippen molar-refractivity contribution in [2.45, 2.75) is 20.0 Å². The minimum atomic E-state index is -0.290. The molecule has 154 valence electrons. The van der Waals surface area contributed by atoms with Crippen LogP contribution >= 0.6 is 0 Å². The van der Waals surface area contributed by atoms with Crippen LogP contribution in [0.15, 0.2) is 71.7 Å². The number of nitrogens with one attached hydrogen (secondary N) is 1. The molecule has 4 aromatic rings. The Labute approximate surface area is 179 Å². The van der Waals surface area contributed by atoms with Gasteiger partial charge in [0.25, 0.3) is 5.91 Å². The van der Waals surface area contributed by atoms with Gasteiger partial charge in [0.2, 0.25) is 0 Å². The van der Waals surface area contributed by atoms with E-state index in [1.54, 1.807) is 33.5 Å². The fraction of sp³-hybridized carbons (Fsp3) is 0.167. The Morgan fingerprint density at radius 2 is 1.94 bits per heavy atom. The van der Waals surface area contributed by atoms with E-state index in [2.05, 4.69) is 16.4 Å².